The van der Waals surface area contributed by atoms with E-state index in [2.05, 4.69) is 5.32 Å². The number of pyridine rings is 1. The highest BCUT2D eigenvalue weighted by Gasteiger charge is 2.35. The van der Waals surface area contributed by atoms with Crippen LogP contribution >= 0.6 is 0 Å². The van der Waals surface area contributed by atoms with E-state index in [0.717, 1.165) is 6.20 Å². The summed E-state index contributed by atoms with van der Waals surface area (Å²) >= 11 is 0. The van der Waals surface area contributed by atoms with Crippen molar-refractivity contribution in [2.24, 2.45) is 0 Å². The van der Waals surface area contributed by atoms with E-state index in [-0.39, 0.29) is 12.0 Å². The predicted molar refractivity (Wildman–Crippen MR) is 61.6 cm³/mol. The van der Waals surface area contributed by atoms with E-state index in [4.69, 9.17) is 0 Å². The molecule has 0 saturated heterocycles. The Kier molecular flexibility index (Phi) is 5.10. The smallest absolute Gasteiger partial charge is 0.390 e. The molecule has 0 spiro atoms. The Morgan fingerprint density at radius 2 is 2.05 bits per heavy atom. The molecule has 0 aliphatic rings. The first-order valence-corrected chi connectivity index (χ1v) is 5.58. The molecule has 1 aromatic heterocycles. The maximum atomic E-state index is 12.5. The van der Waals surface area contributed by atoms with Crippen LogP contribution in [0.2, 0.25) is 0 Å². The van der Waals surface area contributed by atoms with Crippen LogP contribution in [-0.2, 0) is 6.18 Å². The molecule has 1 rings (SSSR count). The topological polar surface area (TPSA) is 85.3 Å². The van der Waals surface area contributed by atoms with Gasteiger partial charge in [0.2, 0.25) is 0 Å². The SMILES string of the molecule is CNCCC(O)C(O)c1c[nH]c(=O)c(C(F)(F)F)c1. The molecule has 0 aliphatic carbocycles. The third-order valence-electron chi connectivity index (χ3n) is 2.63. The number of alkyl halides is 3. The molecule has 5 nitrogen and oxygen atoms in total. The van der Waals surface area contributed by atoms with Crippen LogP contribution < -0.4 is 10.9 Å². The average Bonchev–Trinajstić information content (AvgIpc) is 2.34. The van der Waals surface area contributed by atoms with E-state index in [1.54, 1.807) is 7.05 Å². The fourth-order valence-electron chi connectivity index (χ4n) is 1.55. The summed E-state index contributed by atoms with van der Waals surface area (Å²) in [5, 5.41) is 22.1. The summed E-state index contributed by atoms with van der Waals surface area (Å²) in [6.45, 7) is 0.397. The average molecular weight is 280 g/mol. The first-order chi connectivity index (χ1) is 8.77. The van der Waals surface area contributed by atoms with Crippen LogP contribution in [0.5, 0.6) is 0 Å². The Morgan fingerprint density at radius 3 is 2.58 bits per heavy atom. The molecule has 0 fully saturated rings. The van der Waals surface area contributed by atoms with Gasteiger partial charge in [-0.2, -0.15) is 13.2 Å². The molecule has 1 aromatic rings. The summed E-state index contributed by atoms with van der Waals surface area (Å²) in [5.74, 6) is 0. The van der Waals surface area contributed by atoms with Crippen LogP contribution in [0.15, 0.2) is 17.1 Å². The lowest BCUT2D eigenvalue weighted by atomic mass is 10.0. The van der Waals surface area contributed by atoms with Crippen LogP contribution in [0.4, 0.5) is 13.2 Å². The van der Waals surface area contributed by atoms with Crippen molar-refractivity contribution in [1.29, 1.82) is 0 Å². The highest BCUT2D eigenvalue weighted by atomic mass is 19.4. The van der Waals surface area contributed by atoms with Gasteiger partial charge in [-0.15, -0.1) is 0 Å². The fraction of sp³-hybridized carbons (Fsp3) is 0.545. The van der Waals surface area contributed by atoms with Gasteiger partial charge in [-0.3, -0.25) is 4.79 Å². The standard InChI is InChI=1S/C11H15F3N2O3/c1-15-3-2-8(17)9(18)6-4-7(11(12,13)14)10(19)16-5-6/h4-5,8-9,15,17-18H,2-3H2,1H3,(H,16,19). The van der Waals surface area contributed by atoms with Gasteiger partial charge in [0.1, 0.15) is 11.7 Å². The van der Waals surface area contributed by atoms with Crippen molar-refractivity contribution in [3.63, 3.8) is 0 Å². The summed E-state index contributed by atoms with van der Waals surface area (Å²) in [6.07, 6.45) is -6.40. The van der Waals surface area contributed by atoms with Crippen LogP contribution in [0.3, 0.4) is 0 Å². The molecule has 0 aliphatic heterocycles. The molecule has 0 saturated carbocycles. The van der Waals surface area contributed by atoms with Gasteiger partial charge < -0.3 is 20.5 Å². The van der Waals surface area contributed by atoms with Crippen molar-refractivity contribution >= 4 is 0 Å². The second-order valence-corrected chi connectivity index (χ2v) is 4.08. The Balaban J connectivity index is 2.99. The number of aliphatic hydroxyl groups excluding tert-OH is 2. The first kappa shape index (κ1) is 15.7. The van der Waals surface area contributed by atoms with Gasteiger partial charge in [-0.25, -0.2) is 0 Å². The van der Waals surface area contributed by atoms with Crippen molar-refractivity contribution in [3.8, 4) is 0 Å². The molecule has 108 valence electrons. The predicted octanol–water partition coefficient (Wildman–Crippen LogP) is 0.398. The molecular formula is C11H15F3N2O3. The zero-order valence-electron chi connectivity index (χ0n) is 10.2. The maximum absolute atomic E-state index is 12.5. The quantitative estimate of drug-likeness (QED) is 0.629. The van der Waals surface area contributed by atoms with Crippen molar-refractivity contribution in [2.45, 2.75) is 24.8 Å². The van der Waals surface area contributed by atoms with Gasteiger partial charge >= 0.3 is 6.18 Å². The third kappa shape index (κ3) is 4.05. The molecule has 0 aromatic carbocycles. The highest BCUT2D eigenvalue weighted by Crippen LogP contribution is 2.28. The lowest BCUT2D eigenvalue weighted by Crippen LogP contribution is -2.26. The second kappa shape index (κ2) is 6.18. The summed E-state index contributed by atoms with van der Waals surface area (Å²) in [4.78, 5) is 13.0. The Bertz CT molecular complexity index is 473. The molecule has 2 unspecified atom stereocenters. The number of hydrogen-bond donors (Lipinski definition) is 4. The van der Waals surface area contributed by atoms with Crippen molar-refractivity contribution in [1.82, 2.24) is 10.3 Å². The van der Waals surface area contributed by atoms with Gasteiger partial charge in [0.15, 0.2) is 0 Å². The summed E-state index contributed by atoms with van der Waals surface area (Å²) in [7, 11) is 1.64. The lowest BCUT2D eigenvalue weighted by molar-refractivity contribution is -0.138. The Labute approximate surface area is 107 Å². The number of hydrogen-bond acceptors (Lipinski definition) is 4. The molecule has 1 heterocycles. The molecule has 19 heavy (non-hydrogen) atoms. The van der Waals surface area contributed by atoms with Crippen molar-refractivity contribution in [3.05, 3.63) is 33.7 Å². The first-order valence-electron chi connectivity index (χ1n) is 5.58. The molecule has 0 radical (unpaired) electrons. The summed E-state index contributed by atoms with van der Waals surface area (Å²) in [5.41, 5.74) is -2.87. The minimum Gasteiger partial charge on any atom is -0.390 e. The fourth-order valence-corrected chi connectivity index (χ4v) is 1.55. The molecule has 0 amide bonds. The number of aliphatic hydroxyl groups is 2. The second-order valence-electron chi connectivity index (χ2n) is 4.08. The van der Waals surface area contributed by atoms with Crippen LogP contribution in [0.25, 0.3) is 0 Å². The number of halogens is 3. The molecule has 4 N–H and O–H groups in total. The van der Waals surface area contributed by atoms with E-state index in [0.29, 0.717) is 12.6 Å². The lowest BCUT2D eigenvalue weighted by Gasteiger charge is -2.18. The van der Waals surface area contributed by atoms with Crippen LogP contribution in [-0.4, -0.2) is 34.9 Å². The maximum Gasteiger partial charge on any atom is 0.421 e. The monoisotopic (exact) mass is 280 g/mol. The minimum atomic E-state index is -4.81. The van der Waals surface area contributed by atoms with E-state index >= 15 is 0 Å². The number of aromatic amines is 1. The summed E-state index contributed by atoms with van der Waals surface area (Å²) < 4.78 is 37.6. The van der Waals surface area contributed by atoms with Gasteiger partial charge in [0, 0.05) is 6.20 Å². The normalized spacial score (nSPS) is 15.3. The largest absolute Gasteiger partial charge is 0.421 e. The van der Waals surface area contributed by atoms with Crippen molar-refractivity contribution < 1.29 is 23.4 Å². The van der Waals surface area contributed by atoms with E-state index in [1.165, 1.54) is 0 Å². The number of nitrogens with one attached hydrogen (secondary N) is 2. The van der Waals surface area contributed by atoms with Gasteiger partial charge in [-0.1, -0.05) is 0 Å². The molecule has 8 heteroatoms. The van der Waals surface area contributed by atoms with E-state index in [1.807, 2.05) is 4.98 Å². The number of H-pyrrole nitrogens is 1. The zero-order valence-corrected chi connectivity index (χ0v) is 10.2. The van der Waals surface area contributed by atoms with E-state index in [9.17, 15) is 28.2 Å². The van der Waals surface area contributed by atoms with Gasteiger partial charge in [0.05, 0.1) is 6.10 Å². The third-order valence-corrected chi connectivity index (χ3v) is 2.63. The number of aromatic nitrogens is 1. The van der Waals surface area contributed by atoms with Crippen LogP contribution in [0.1, 0.15) is 23.7 Å². The highest BCUT2D eigenvalue weighted by molar-refractivity contribution is 5.23. The van der Waals surface area contributed by atoms with Gasteiger partial charge in [0.25, 0.3) is 5.56 Å². The summed E-state index contributed by atoms with van der Waals surface area (Å²) in [6, 6.07) is 0.548. The number of rotatable bonds is 5. The Hall–Kier alpha value is -1.38. The molecule has 0 bridgehead atoms. The molecule has 2 atom stereocenters. The van der Waals surface area contributed by atoms with Crippen LogP contribution in [0, 0.1) is 0 Å². The molecular weight excluding hydrogens is 265 g/mol. The van der Waals surface area contributed by atoms with E-state index < -0.39 is 29.5 Å². The minimum absolute atomic E-state index is 0.165. The zero-order chi connectivity index (χ0) is 14.6. The van der Waals surface area contributed by atoms with Gasteiger partial charge in [-0.05, 0) is 31.6 Å². The van der Waals surface area contributed by atoms with Crippen molar-refractivity contribution in [2.75, 3.05) is 13.6 Å². The Morgan fingerprint density at radius 1 is 1.42 bits per heavy atom.